The molecule has 32 heavy (non-hydrogen) atoms. The van der Waals surface area contributed by atoms with Crippen LogP contribution in [0.1, 0.15) is 28.8 Å². The summed E-state index contributed by atoms with van der Waals surface area (Å²) in [7, 11) is 0. The summed E-state index contributed by atoms with van der Waals surface area (Å²) in [6.45, 7) is -0.212. The number of rotatable bonds is 6. The Kier molecular flexibility index (Phi) is 6.80. The van der Waals surface area contributed by atoms with E-state index < -0.39 is 24.2 Å². The Balaban J connectivity index is 1.80. The molecule has 1 heterocycles. The molecule has 4 rings (SSSR count). The number of carboxylic acid groups (broad SMARTS) is 1. The SMILES string of the molecule is O=C(O)[C@H](Cc1ccccc1)N1C(=O)CO[C@@H](c2ccc(Cl)cc2)[C@H]1c1ccc(Cl)cc1. The molecule has 0 aliphatic carbocycles. The van der Waals surface area contributed by atoms with E-state index in [2.05, 4.69) is 0 Å². The number of aliphatic carboxylic acids is 1. The summed E-state index contributed by atoms with van der Waals surface area (Å²) in [5, 5.41) is 11.3. The van der Waals surface area contributed by atoms with E-state index in [0.717, 1.165) is 16.7 Å². The van der Waals surface area contributed by atoms with Crippen molar-refractivity contribution in [2.75, 3.05) is 6.61 Å². The molecule has 1 aliphatic heterocycles. The number of carbonyl (C=O) groups excluding carboxylic acids is 1. The third-order valence-electron chi connectivity index (χ3n) is 5.56. The molecule has 0 unspecified atom stereocenters. The number of morpholine rings is 1. The van der Waals surface area contributed by atoms with Crippen molar-refractivity contribution < 1.29 is 19.4 Å². The van der Waals surface area contributed by atoms with E-state index in [-0.39, 0.29) is 18.9 Å². The Morgan fingerprint density at radius 1 is 0.938 bits per heavy atom. The summed E-state index contributed by atoms with van der Waals surface area (Å²) in [6, 6.07) is 21.8. The number of carbonyl (C=O) groups is 2. The lowest BCUT2D eigenvalue weighted by Crippen LogP contribution is -2.54. The molecule has 7 heteroatoms. The lowest BCUT2D eigenvalue weighted by Gasteiger charge is -2.44. The van der Waals surface area contributed by atoms with Crippen molar-refractivity contribution in [1.82, 2.24) is 4.90 Å². The van der Waals surface area contributed by atoms with Gasteiger partial charge in [0.15, 0.2) is 0 Å². The molecule has 1 fully saturated rings. The molecule has 3 aromatic carbocycles. The van der Waals surface area contributed by atoms with E-state index in [1.165, 1.54) is 4.90 Å². The van der Waals surface area contributed by atoms with Crippen LogP contribution in [0.5, 0.6) is 0 Å². The smallest absolute Gasteiger partial charge is 0.326 e. The maximum atomic E-state index is 13.1. The molecule has 1 saturated heterocycles. The summed E-state index contributed by atoms with van der Waals surface area (Å²) in [5.41, 5.74) is 2.37. The van der Waals surface area contributed by atoms with Crippen molar-refractivity contribution in [3.8, 4) is 0 Å². The van der Waals surface area contributed by atoms with Crippen LogP contribution in [0.25, 0.3) is 0 Å². The molecule has 0 aromatic heterocycles. The standard InChI is InChI=1S/C25H21Cl2NO4/c26-19-10-6-17(7-11-19)23-24(18-8-12-20(27)13-9-18)32-15-22(29)28(23)21(25(30)31)14-16-4-2-1-3-5-16/h1-13,21,23-24H,14-15H2,(H,30,31)/t21-,23+,24-/m0/s1. The quantitative estimate of drug-likeness (QED) is 0.529. The summed E-state index contributed by atoms with van der Waals surface area (Å²) < 4.78 is 5.96. The fourth-order valence-electron chi connectivity index (χ4n) is 4.06. The van der Waals surface area contributed by atoms with Gasteiger partial charge in [-0.3, -0.25) is 4.79 Å². The van der Waals surface area contributed by atoms with Crippen LogP contribution in [-0.2, 0) is 20.7 Å². The molecular weight excluding hydrogens is 449 g/mol. The number of hydrogen-bond acceptors (Lipinski definition) is 3. The van der Waals surface area contributed by atoms with Gasteiger partial charge in [-0.2, -0.15) is 0 Å². The van der Waals surface area contributed by atoms with Crippen molar-refractivity contribution in [2.45, 2.75) is 24.6 Å². The third kappa shape index (κ3) is 4.80. The van der Waals surface area contributed by atoms with E-state index in [4.69, 9.17) is 27.9 Å². The van der Waals surface area contributed by atoms with Crippen molar-refractivity contribution >= 4 is 35.1 Å². The second kappa shape index (κ2) is 9.74. The second-order valence-electron chi connectivity index (χ2n) is 7.62. The summed E-state index contributed by atoms with van der Waals surface area (Å²) in [5.74, 6) is -1.45. The number of halogens is 2. The molecular formula is C25H21Cl2NO4. The highest BCUT2D eigenvalue weighted by molar-refractivity contribution is 6.30. The first kappa shape index (κ1) is 22.3. The number of nitrogens with zero attached hydrogens (tertiary/aromatic N) is 1. The van der Waals surface area contributed by atoms with Crippen LogP contribution in [0.4, 0.5) is 0 Å². The predicted octanol–water partition coefficient (Wildman–Crippen LogP) is 5.33. The number of benzene rings is 3. The van der Waals surface area contributed by atoms with E-state index in [9.17, 15) is 14.7 Å². The van der Waals surface area contributed by atoms with Crippen LogP contribution < -0.4 is 0 Å². The topological polar surface area (TPSA) is 66.8 Å². The second-order valence-corrected chi connectivity index (χ2v) is 8.50. The van der Waals surface area contributed by atoms with E-state index in [1.807, 2.05) is 42.5 Å². The Morgan fingerprint density at radius 2 is 1.50 bits per heavy atom. The third-order valence-corrected chi connectivity index (χ3v) is 6.07. The molecule has 1 amide bonds. The largest absolute Gasteiger partial charge is 0.480 e. The Hall–Kier alpha value is -2.86. The average Bonchev–Trinajstić information content (AvgIpc) is 2.79. The van der Waals surface area contributed by atoms with Gasteiger partial charge in [0.05, 0.1) is 6.04 Å². The molecule has 0 saturated carbocycles. The zero-order chi connectivity index (χ0) is 22.7. The van der Waals surface area contributed by atoms with Crippen LogP contribution in [0, 0.1) is 0 Å². The number of ether oxygens (including phenoxy) is 1. The Morgan fingerprint density at radius 3 is 2.06 bits per heavy atom. The van der Waals surface area contributed by atoms with Crippen molar-refractivity contribution in [3.05, 3.63) is 106 Å². The van der Waals surface area contributed by atoms with E-state index in [0.29, 0.717) is 10.0 Å². The first-order valence-electron chi connectivity index (χ1n) is 10.1. The van der Waals surface area contributed by atoms with Crippen molar-refractivity contribution in [2.24, 2.45) is 0 Å². The fraction of sp³-hybridized carbons (Fsp3) is 0.200. The monoisotopic (exact) mass is 469 g/mol. The maximum absolute atomic E-state index is 13.1. The Labute approximate surface area is 196 Å². The number of carboxylic acids is 1. The summed E-state index contributed by atoms with van der Waals surface area (Å²) in [6.07, 6.45) is -0.386. The van der Waals surface area contributed by atoms with Crippen LogP contribution in [-0.4, -0.2) is 34.5 Å². The van der Waals surface area contributed by atoms with Crippen LogP contribution in [0.15, 0.2) is 78.9 Å². The molecule has 0 bridgehead atoms. The van der Waals surface area contributed by atoms with Gasteiger partial charge in [-0.25, -0.2) is 4.79 Å². The zero-order valence-corrected chi connectivity index (χ0v) is 18.5. The fourth-order valence-corrected chi connectivity index (χ4v) is 4.32. The normalized spacial score (nSPS) is 19.6. The highest BCUT2D eigenvalue weighted by atomic mass is 35.5. The Bertz CT molecular complexity index is 1090. The lowest BCUT2D eigenvalue weighted by atomic mass is 9.90. The molecule has 1 N–H and O–H groups in total. The van der Waals surface area contributed by atoms with Gasteiger partial charge in [0, 0.05) is 16.5 Å². The minimum atomic E-state index is -1.07. The summed E-state index contributed by atoms with van der Waals surface area (Å²) in [4.78, 5) is 26.9. The van der Waals surface area contributed by atoms with Gasteiger partial charge in [0.1, 0.15) is 18.8 Å². The lowest BCUT2D eigenvalue weighted by molar-refractivity contribution is -0.171. The highest BCUT2D eigenvalue weighted by Gasteiger charge is 2.44. The van der Waals surface area contributed by atoms with Gasteiger partial charge in [-0.05, 0) is 41.0 Å². The van der Waals surface area contributed by atoms with Gasteiger partial charge < -0.3 is 14.7 Å². The van der Waals surface area contributed by atoms with Crippen molar-refractivity contribution in [3.63, 3.8) is 0 Å². The van der Waals surface area contributed by atoms with Crippen LogP contribution >= 0.6 is 23.2 Å². The number of amides is 1. The molecule has 164 valence electrons. The predicted molar refractivity (Wildman–Crippen MR) is 123 cm³/mol. The molecule has 3 atom stereocenters. The highest BCUT2D eigenvalue weighted by Crippen LogP contribution is 2.42. The first-order valence-corrected chi connectivity index (χ1v) is 10.9. The van der Waals surface area contributed by atoms with Crippen LogP contribution in [0.3, 0.4) is 0 Å². The minimum Gasteiger partial charge on any atom is -0.480 e. The number of hydrogen-bond donors (Lipinski definition) is 1. The molecule has 0 radical (unpaired) electrons. The van der Waals surface area contributed by atoms with Gasteiger partial charge >= 0.3 is 5.97 Å². The first-order chi connectivity index (χ1) is 15.4. The average molecular weight is 470 g/mol. The van der Waals surface area contributed by atoms with Gasteiger partial charge in [0.25, 0.3) is 0 Å². The maximum Gasteiger partial charge on any atom is 0.326 e. The van der Waals surface area contributed by atoms with Gasteiger partial charge in [0.2, 0.25) is 5.91 Å². The van der Waals surface area contributed by atoms with Crippen molar-refractivity contribution in [1.29, 1.82) is 0 Å². The molecule has 1 aliphatic rings. The minimum absolute atomic E-state index is 0.180. The van der Waals surface area contributed by atoms with Gasteiger partial charge in [-0.15, -0.1) is 0 Å². The van der Waals surface area contributed by atoms with Gasteiger partial charge in [-0.1, -0.05) is 77.8 Å². The zero-order valence-electron chi connectivity index (χ0n) is 17.0. The van der Waals surface area contributed by atoms with E-state index >= 15 is 0 Å². The summed E-state index contributed by atoms with van der Waals surface area (Å²) >= 11 is 12.1. The molecule has 0 spiro atoms. The molecule has 5 nitrogen and oxygen atoms in total. The molecule has 3 aromatic rings. The van der Waals surface area contributed by atoms with E-state index in [1.54, 1.807) is 36.4 Å². The van der Waals surface area contributed by atoms with Crippen LogP contribution in [0.2, 0.25) is 10.0 Å².